The topological polar surface area (TPSA) is 62.2 Å². The van der Waals surface area contributed by atoms with Crippen molar-refractivity contribution in [3.8, 4) is 5.75 Å². The molecule has 1 aromatic carbocycles. The van der Waals surface area contributed by atoms with Crippen molar-refractivity contribution in [1.82, 2.24) is 4.98 Å². The summed E-state index contributed by atoms with van der Waals surface area (Å²) in [5.41, 5.74) is 2.92. The molecule has 5 heteroatoms. The van der Waals surface area contributed by atoms with E-state index in [-0.39, 0.29) is 11.8 Å². The van der Waals surface area contributed by atoms with Crippen LogP contribution in [0.15, 0.2) is 23.6 Å². The summed E-state index contributed by atoms with van der Waals surface area (Å²) in [6, 6.07) is 6.27. The van der Waals surface area contributed by atoms with Crippen LogP contribution in [0.25, 0.3) is 0 Å². The van der Waals surface area contributed by atoms with E-state index in [1.807, 2.05) is 6.92 Å². The van der Waals surface area contributed by atoms with Crippen molar-refractivity contribution >= 4 is 17.3 Å². The summed E-state index contributed by atoms with van der Waals surface area (Å²) >= 11 is 1.46. The van der Waals surface area contributed by atoms with E-state index in [0.717, 1.165) is 10.8 Å². The maximum absolute atomic E-state index is 10.6. The molecular weight excluding hydrogens is 310 g/mol. The number of aromatic nitrogens is 1. The average Bonchev–Trinajstić information content (AvgIpc) is 2.84. The summed E-state index contributed by atoms with van der Waals surface area (Å²) < 4.78 is 5.98. The third kappa shape index (κ3) is 5.06. The summed E-state index contributed by atoms with van der Waals surface area (Å²) in [4.78, 5) is 14.9. The average molecular weight is 332 g/mol. The first-order valence-corrected chi connectivity index (χ1v) is 8.51. The molecule has 0 atom stereocenters. The Morgan fingerprint density at radius 1 is 1.35 bits per heavy atom. The van der Waals surface area contributed by atoms with Crippen LogP contribution in [0.3, 0.4) is 0 Å². The lowest BCUT2D eigenvalue weighted by molar-refractivity contribution is -0.304. The SMILES string of the molecule is Cc1ccc(C(C)(C)C)c(OCCc2nc(CC(=O)[O-])cs2)c1. The van der Waals surface area contributed by atoms with Gasteiger partial charge in [0, 0.05) is 24.2 Å². The first-order chi connectivity index (χ1) is 10.8. The summed E-state index contributed by atoms with van der Waals surface area (Å²) in [6.45, 7) is 9.06. The molecule has 0 amide bonds. The van der Waals surface area contributed by atoms with Crippen LogP contribution < -0.4 is 9.84 Å². The second-order valence-electron chi connectivity index (χ2n) is 6.63. The van der Waals surface area contributed by atoms with Gasteiger partial charge in [-0.15, -0.1) is 11.3 Å². The maximum Gasteiger partial charge on any atom is 0.123 e. The van der Waals surface area contributed by atoms with Crippen LogP contribution in [0.2, 0.25) is 0 Å². The lowest BCUT2D eigenvalue weighted by Gasteiger charge is -2.23. The van der Waals surface area contributed by atoms with Crippen LogP contribution in [-0.4, -0.2) is 17.6 Å². The second-order valence-corrected chi connectivity index (χ2v) is 7.57. The van der Waals surface area contributed by atoms with Crippen LogP contribution in [0.5, 0.6) is 5.75 Å². The number of carboxylic acid groups (broad SMARTS) is 1. The van der Waals surface area contributed by atoms with E-state index in [9.17, 15) is 9.90 Å². The maximum atomic E-state index is 10.6. The minimum absolute atomic E-state index is 0.0197. The number of aryl methyl sites for hydroxylation is 1. The van der Waals surface area contributed by atoms with Crippen LogP contribution in [0.4, 0.5) is 0 Å². The van der Waals surface area contributed by atoms with E-state index in [2.05, 4.69) is 44.0 Å². The predicted octanol–water partition coefficient (Wildman–Crippen LogP) is 2.66. The van der Waals surface area contributed by atoms with E-state index in [1.54, 1.807) is 5.38 Å². The lowest BCUT2D eigenvalue weighted by atomic mass is 9.86. The molecule has 2 rings (SSSR count). The van der Waals surface area contributed by atoms with Crippen molar-refractivity contribution in [1.29, 1.82) is 0 Å². The fourth-order valence-electron chi connectivity index (χ4n) is 2.31. The van der Waals surface area contributed by atoms with Gasteiger partial charge in [-0.05, 0) is 29.5 Å². The number of aliphatic carboxylic acids is 1. The number of thiazole rings is 1. The zero-order valence-corrected chi connectivity index (χ0v) is 14.8. The highest BCUT2D eigenvalue weighted by Crippen LogP contribution is 2.32. The van der Waals surface area contributed by atoms with Crippen molar-refractivity contribution in [3.05, 3.63) is 45.4 Å². The molecule has 0 fully saturated rings. The van der Waals surface area contributed by atoms with Gasteiger partial charge in [0.25, 0.3) is 0 Å². The molecule has 1 aromatic heterocycles. The van der Waals surface area contributed by atoms with Crippen molar-refractivity contribution in [2.75, 3.05) is 6.61 Å². The second kappa shape index (κ2) is 7.13. The van der Waals surface area contributed by atoms with Gasteiger partial charge in [0.1, 0.15) is 5.75 Å². The molecule has 0 saturated carbocycles. The van der Waals surface area contributed by atoms with Gasteiger partial charge in [-0.3, -0.25) is 0 Å². The Morgan fingerprint density at radius 3 is 2.74 bits per heavy atom. The van der Waals surface area contributed by atoms with Crippen molar-refractivity contribution in [2.45, 2.75) is 46.0 Å². The minimum Gasteiger partial charge on any atom is -0.550 e. The number of rotatable bonds is 6. The van der Waals surface area contributed by atoms with Gasteiger partial charge in [-0.25, -0.2) is 4.98 Å². The number of benzene rings is 1. The Morgan fingerprint density at radius 2 is 2.09 bits per heavy atom. The van der Waals surface area contributed by atoms with Crippen molar-refractivity contribution in [2.24, 2.45) is 0 Å². The van der Waals surface area contributed by atoms with Gasteiger partial charge in [-0.1, -0.05) is 32.9 Å². The molecule has 23 heavy (non-hydrogen) atoms. The van der Waals surface area contributed by atoms with Gasteiger partial charge >= 0.3 is 0 Å². The molecule has 124 valence electrons. The molecule has 0 aliphatic heterocycles. The molecule has 0 aliphatic carbocycles. The van der Waals surface area contributed by atoms with E-state index in [0.29, 0.717) is 18.7 Å². The molecular formula is C18H22NO3S-. The molecule has 0 radical (unpaired) electrons. The largest absolute Gasteiger partial charge is 0.550 e. The Balaban J connectivity index is 2.00. The lowest BCUT2D eigenvalue weighted by Crippen LogP contribution is -2.24. The molecule has 0 bridgehead atoms. The zero-order chi connectivity index (χ0) is 17.0. The van der Waals surface area contributed by atoms with E-state index >= 15 is 0 Å². The Hall–Kier alpha value is -1.88. The van der Waals surface area contributed by atoms with Gasteiger partial charge in [0.2, 0.25) is 0 Å². The molecule has 2 aromatic rings. The van der Waals surface area contributed by atoms with Crippen molar-refractivity contribution in [3.63, 3.8) is 0 Å². The van der Waals surface area contributed by atoms with E-state index in [4.69, 9.17) is 4.74 Å². The number of carboxylic acids is 1. The quantitative estimate of drug-likeness (QED) is 0.816. The number of carbonyl (C=O) groups is 1. The third-order valence-corrected chi connectivity index (χ3v) is 4.40. The monoisotopic (exact) mass is 332 g/mol. The van der Waals surface area contributed by atoms with Gasteiger partial charge in [-0.2, -0.15) is 0 Å². The molecule has 0 aliphatic rings. The highest BCUT2D eigenvalue weighted by atomic mass is 32.1. The zero-order valence-electron chi connectivity index (χ0n) is 14.0. The van der Waals surface area contributed by atoms with Gasteiger partial charge < -0.3 is 14.6 Å². The van der Waals surface area contributed by atoms with Crippen LogP contribution in [0.1, 0.15) is 42.6 Å². The van der Waals surface area contributed by atoms with Gasteiger partial charge in [0.05, 0.1) is 17.3 Å². The summed E-state index contributed by atoms with van der Waals surface area (Å²) in [6.07, 6.45) is 0.526. The first-order valence-electron chi connectivity index (χ1n) is 7.63. The predicted molar refractivity (Wildman–Crippen MR) is 89.9 cm³/mol. The highest BCUT2D eigenvalue weighted by Gasteiger charge is 2.19. The smallest absolute Gasteiger partial charge is 0.123 e. The summed E-state index contributed by atoms with van der Waals surface area (Å²) in [5.74, 6) is -0.198. The number of nitrogens with zero attached hydrogens (tertiary/aromatic N) is 1. The minimum atomic E-state index is -1.10. The Bertz CT molecular complexity index is 686. The Kier molecular flexibility index (Phi) is 5.42. The van der Waals surface area contributed by atoms with Crippen molar-refractivity contribution < 1.29 is 14.6 Å². The van der Waals surface area contributed by atoms with Crippen LogP contribution in [0, 0.1) is 6.92 Å². The third-order valence-electron chi connectivity index (χ3n) is 3.44. The fraction of sp³-hybridized carbons (Fsp3) is 0.444. The summed E-state index contributed by atoms with van der Waals surface area (Å²) in [5, 5.41) is 13.2. The normalized spacial score (nSPS) is 11.5. The summed E-state index contributed by atoms with van der Waals surface area (Å²) in [7, 11) is 0. The van der Waals surface area contributed by atoms with Crippen LogP contribution >= 0.6 is 11.3 Å². The fourth-order valence-corrected chi connectivity index (χ4v) is 3.09. The molecule has 0 unspecified atom stereocenters. The standard InChI is InChI=1S/C18H23NO3S/c1-12-5-6-14(18(2,3)4)15(9-12)22-8-7-16-19-13(11-23-16)10-17(20)21/h5-6,9,11H,7-8,10H2,1-4H3,(H,20,21)/p-1. The molecule has 0 saturated heterocycles. The number of carbonyl (C=O) groups excluding carboxylic acids is 1. The number of hydrogen-bond donors (Lipinski definition) is 0. The molecule has 1 heterocycles. The van der Waals surface area contributed by atoms with Crippen LogP contribution in [-0.2, 0) is 23.1 Å². The molecule has 0 N–H and O–H groups in total. The van der Waals surface area contributed by atoms with E-state index in [1.165, 1.54) is 22.5 Å². The molecule has 0 spiro atoms. The van der Waals surface area contributed by atoms with E-state index < -0.39 is 5.97 Å². The van der Waals surface area contributed by atoms with Gasteiger partial charge in [0.15, 0.2) is 0 Å². The first kappa shape index (κ1) is 17.5. The number of hydrogen-bond acceptors (Lipinski definition) is 5. The molecule has 4 nitrogen and oxygen atoms in total. The number of ether oxygens (including phenoxy) is 1. The highest BCUT2D eigenvalue weighted by molar-refractivity contribution is 7.09. The Labute approximate surface area is 141 Å².